The van der Waals surface area contributed by atoms with Crippen molar-refractivity contribution >= 4 is 52.5 Å². The molecule has 0 aliphatic carbocycles. The van der Waals surface area contributed by atoms with Crippen LogP contribution in [0.15, 0.2) is 23.6 Å². The number of carbonyl (C=O) groups excluding carboxylic acids is 4. The molecule has 0 saturated carbocycles. The smallest absolute Gasteiger partial charge is 0.309 e. The summed E-state index contributed by atoms with van der Waals surface area (Å²) in [7, 11) is 1.99. The number of aliphatic carboxylic acids is 1. The van der Waals surface area contributed by atoms with Gasteiger partial charge in [-0.1, -0.05) is 66.4 Å². The number of carboxylic acids is 1. The molecule has 1 aliphatic rings. The lowest BCUT2D eigenvalue weighted by atomic mass is 9.80. The van der Waals surface area contributed by atoms with Crippen molar-refractivity contribution in [1.29, 1.82) is 0 Å². The number of nitrogens with zero attached hydrogens (tertiary/aromatic N) is 3. The molecule has 1 saturated heterocycles. The summed E-state index contributed by atoms with van der Waals surface area (Å²) in [5.41, 5.74) is 4.84. The lowest BCUT2D eigenvalue weighted by Crippen LogP contribution is -2.56. The SMILES string of the molecule is CCCCCCN(C(=O)[C@H](C(=O)N[C@H]1CCCCN1C)[C@@H](C)CC)[C@H](C[C@@H](OC(C)=O)c1nc(NC(=O)C(Cc2ccc(N)c(F)c2)CC(C)(C)C(=O)O)cs1)C(C)C. The first-order valence-corrected chi connectivity index (χ1v) is 22.2. The van der Waals surface area contributed by atoms with Crippen LogP contribution >= 0.6 is 11.3 Å². The van der Waals surface area contributed by atoms with Crippen LogP contribution in [0.3, 0.4) is 0 Å². The zero-order chi connectivity index (χ0) is 44.0. The Morgan fingerprint density at radius 3 is 2.41 bits per heavy atom. The lowest BCUT2D eigenvalue weighted by Gasteiger charge is -2.40. The first-order chi connectivity index (χ1) is 27.8. The van der Waals surface area contributed by atoms with E-state index >= 15 is 0 Å². The second-order valence-electron chi connectivity index (χ2n) is 17.3. The average Bonchev–Trinajstić information content (AvgIpc) is 3.63. The van der Waals surface area contributed by atoms with Crippen molar-refractivity contribution in [3.8, 4) is 0 Å². The number of rotatable bonds is 23. The number of piperidine rings is 1. The number of halogens is 1. The van der Waals surface area contributed by atoms with E-state index in [0.29, 0.717) is 23.5 Å². The van der Waals surface area contributed by atoms with Crippen LogP contribution < -0.4 is 16.4 Å². The Hall–Kier alpha value is -4.11. The highest BCUT2D eigenvalue weighted by molar-refractivity contribution is 7.10. The fraction of sp³-hybridized carbons (Fsp3) is 0.682. The molecule has 0 radical (unpaired) electrons. The molecular weight excluding hydrogens is 776 g/mol. The van der Waals surface area contributed by atoms with E-state index in [9.17, 15) is 33.5 Å². The number of aromatic nitrogens is 1. The van der Waals surface area contributed by atoms with Crippen molar-refractivity contribution < 1.29 is 38.2 Å². The third-order valence-electron chi connectivity index (χ3n) is 11.6. The predicted octanol–water partition coefficient (Wildman–Crippen LogP) is 7.81. The van der Waals surface area contributed by atoms with Crippen molar-refractivity contribution in [3.63, 3.8) is 0 Å². The molecule has 59 heavy (non-hydrogen) atoms. The van der Waals surface area contributed by atoms with Crippen molar-refractivity contribution in [2.75, 3.05) is 31.2 Å². The number of hydrogen-bond donors (Lipinski definition) is 4. The Morgan fingerprint density at radius 2 is 1.81 bits per heavy atom. The van der Waals surface area contributed by atoms with Gasteiger partial charge in [0, 0.05) is 37.2 Å². The molecule has 15 heteroatoms. The number of nitrogens with one attached hydrogen (secondary N) is 2. The quantitative estimate of drug-likeness (QED) is 0.0372. The minimum atomic E-state index is -1.27. The molecule has 2 heterocycles. The van der Waals surface area contributed by atoms with E-state index in [2.05, 4.69) is 27.4 Å². The summed E-state index contributed by atoms with van der Waals surface area (Å²) in [4.78, 5) is 76.1. The minimum Gasteiger partial charge on any atom is -0.481 e. The van der Waals surface area contributed by atoms with Gasteiger partial charge in [0.2, 0.25) is 17.7 Å². The molecule has 0 spiro atoms. The van der Waals surface area contributed by atoms with Crippen molar-refractivity contribution in [3.05, 3.63) is 40.0 Å². The number of carbonyl (C=O) groups is 5. The molecule has 3 rings (SSSR count). The van der Waals surface area contributed by atoms with Crippen LogP contribution in [-0.4, -0.2) is 81.9 Å². The minimum absolute atomic E-state index is 0.0369. The number of likely N-dealkylation sites (tertiary alicyclic amines) is 1. The number of nitrogens with two attached hydrogens (primary N) is 1. The number of esters is 1. The molecule has 13 nitrogen and oxygen atoms in total. The molecule has 1 aromatic heterocycles. The average molecular weight is 845 g/mol. The number of thiazole rings is 1. The number of ether oxygens (including phenoxy) is 1. The van der Waals surface area contributed by atoms with Crippen LogP contribution in [0.5, 0.6) is 0 Å². The summed E-state index contributed by atoms with van der Waals surface area (Å²) < 4.78 is 20.3. The molecule has 1 aliphatic heterocycles. The number of anilines is 2. The molecule has 1 fully saturated rings. The first-order valence-electron chi connectivity index (χ1n) is 21.3. The maximum atomic E-state index is 14.9. The van der Waals surface area contributed by atoms with Crippen LogP contribution in [0.4, 0.5) is 15.9 Å². The highest BCUT2D eigenvalue weighted by Gasteiger charge is 2.41. The molecule has 2 aromatic rings. The van der Waals surface area contributed by atoms with E-state index in [1.807, 2.05) is 39.6 Å². The predicted molar refractivity (Wildman–Crippen MR) is 230 cm³/mol. The number of unbranched alkanes of at least 4 members (excludes halogenated alkanes) is 3. The lowest BCUT2D eigenvalue weighted by molar-refractivity contribution is -0.151. The standard InChI is InChI=1S/C44H69FN6O7S/c1-10-12-13-15-21-51(42(55)38(28(5)11-2)40(54)49-37-17-14-16-20-50(37)9)34(27(3)4)24-35(58-29(6)52)41-48-36(26-59-41)47-39(53)31(25-44(7,8)43(56)57)22-30-18-19-33(46)32(45)23-30/h18-19,23,26-28,31,34-35,37-38H,10-17,20-22,24-25,46H2,1-9H3,(H,47,53)(H,49,54)(H,56,57)/t28-,31?,34+,35+,37+,38-/m0/s1. The summed E-state index contributed by atoms with van der Waals surface area (Å²) in [6, 6.07) is 3.82. The summed E-state index contributed by atoms with van der Waals surface area (Å²) in [6.45, 7) is 15.7. The van der Waals surface area contributed by atoms with Gasteiger partial charge in [0.1, 0.15) is 22.6 Å². The van der Waals surface area contributed by atoms with Crippen LogP contribution in [0.25, 0.3) is 0 Å². The Labute approximate surface area is 354 Å². The third kappa shape index (κ3) is 14.5. The third-order valence-corrected chi connectivity index (χ3v) is 12.5. The van der Waals surface area contributed by atoms with Crippen molar-refractivity contribution in [2.45, 2.75) is 144 Å². The largest absolute Gasteiger partial charge is 0.481 e. The van der Waals surface area contributed by atoms with Crippen molar-refractivity contribution in [1.82, 2.24) is 20.1 Å². The Kier molecular flexibility index (Phi) is 19.2. The molecule has 1 aromatic carbocycles. The zero-order valence-corrected chi connectivity index (χ0v) is 37.5. The molecule has 1 unspecified atom stereocenters. The van der Waals surface area contributed by atoms with Gasteiger partial charge in [-0.25, -0.2) is 9.37 Å². The van der Waals surface area contributed by atoms with E-state index in [1.54, 1.807) is 11.4 Å². The maximum absolute atomic E-state index is 14.9. The molecular formula is C44H69FN6O7S. The Bertz CT molecular complexity index is 1720. The van der Waals surface area contributed by atoms with Gasteiger partial charge < -0.3 is 31.1 Å². The van der Waals surface area contributed by atoms with Crippen LogP contribution in [-0.2, 0) is 35.1 Å². The van der Waals surface area contributed by atoms with Gasteiger partial charge in [0.25, 0.3) is 0 Å². The molecule has 0 bridgehead atoms. The van der Waals surface area contributed by atoms with Gasteiger partial charge in [-0.2, -0.15) is 0 Å². The van der Waals surface area contributed by atoms with Gasteiger partial charge in [-0.15, -0.1) is 11.3 Å². The Morgan fingerprint density at radius 1 is 1.10 bits per heavy atom. The number of amides is 3. The van der Waals surface area contributed by atoms with E-state index in [1.165, 1.54) is 44.2 Å². The summed E-state index contributed by atoms with van der Waals surface area (Å²) in [5.74, 6) is -5.17. The number of hydrogen-bond acceptors (Lipinski definition) is 10. The van der Waals surface area contributed by atoms with Gasteiger partial charge in [0.05, 0.1) is 17.3 Å². The van der Waals surface area contributed by atoms with E-state index in [4.69, 9.17) is 10.5 Å². The second-order valence-corrected chi connectivity index (χ2v) is 18.2. The zero-order valence-electron chi connectivity index (χ0n) is 36.6. The van der Waals surface area contributed by atoms with Gasteiger partial charge in [-0.3, -0.25) is 28.9 Å². The highest BCUT2D eigenvalue weighted by Crippen LogP contribution is 2.35. The van der Waals surface area contributed by atoms with Crippen LogP contribution in [0, 0.1) is 34.9 Å². The van der Waals surface area contributed by atoms with E-state index < -0.39 is 53.1 Å². The van der Waals surface area contributed by atoms with E-state index in [-0.39, 0.29) is 60.6 Å². The fourth-order valence-corrected chi connectivity index (χ4v) is 8.52. The van der Waals surface area contributed by atoms with Crippen LogP contribution in [0.1, 0.15) is 136 Å². The van der Waals surface area contributed by atoms with E-state index in [0.717, 1.165) is 51.5 Å². The molecule has 3 amide bonds. The first kappa shape index (κ1) is 49.3. The summed E-state index contributed by atoms with van der Waals surface area (Å²) in [6.07, 6.45) is 6.41. The summed E-state index contributed by atoms with van der Waals surface area (Å²) >= 11 is 1.18. The highest BCUT2D eigenvalue weighted by atomic mass is 32.1. The number of nitrogen functional groups attached to an aromatic ring is 1. The molecule has 330 valence electrons. The maximum Gasteiger partial charge on any atom is 0.309 e. The fourth-order valence-electron chi connectivity index (χ4n) is 7.73. The number of carboxylic acid groups (broad SMARTS) is 1. The molecule has 5 N–H and O–H groups in total. The topological polar surface area (TPSA) is 184 Å². The van der Waals surface area contributed by atoms with Gasteiger partial charge in [0.15, 0.2) is 6.10 Å². The molecule has 6 atom stereocenters. The monoisotopic (exact) mass is 844 g/mol. The van der Waals surface area contributed by atoms with Crippen LogP contribution in [0.2, 0.25) is 0 Å². The Balaban J connectivity index is 1.95. The summed E-state index contributed by atoms with van der Waals surface area (Å²) in [5, 5.41) is 17.9. The van der Waals surface area contributed by atoms with Gasteiger partial charge >= 0.3 is 11.9 Å². The second kappa shape index (κ2) is 23.0. The van der Waals surface area contributed by atoms with Gasteiger partial charge in [-0.05, 0) is 95.5 Å². The normalized spacial score (nSPS) is 17.4. The number of benzene rings is 1. The van der Waals surface area contributed by atoms with Crippen molar-refractivity contribution in [2.24, 2.45) is 29.1 Å².